The van der Waals surface area contributed by atoms with Crippen molar-refractivity contribution in [1.29, 1.82) is 5.26 Å². The van der Waals surface area contributed by atoms with Crippen molar-refractivity contribution in [2.75, 3.05) is 7.11 Å². The Morgan fingerprint density at radius 3 is 2.52 bits per heavy atom. The van der Waals surface area contributed by atoms with Gasteiger partial charge in [0.15, 0.2) is 11.5 Å². The average Bonchev–Trinajstić information content (AvgIpc) is 2.73. The Morgan fingerprint density at radius 2 is 1.83 bits per heavy atom. The minimum absolute atomic E-state index is 0.217. The van der Waals surface area contributed by atoms with Crippen molar-refractivity contribution in [1.82, 2.24) is 0 Å². The molecule has 0 spiro atoms. The third-order valence-electron chi connectivity index (χ3n) is 4.16. The average molecular weight is 428 g/mol. The first-order chi connectivity index (χ1) is 14.0. The molecule has 0 aliphatic carbocycles. The summed E-state index contributed by atoms with van der Waals surface area (Å²) in [6, 6.07) is 18.7. The second-order valence-electron chi connectivity index (χ2n) is 6.10. The standard InChI is InChI=1S/C23H16Cl2FNO2/c1-28-23-12-15(10-17(13-27)18-4-2-3-5-21(18)26)7-9-22(23)29-14-16-6-8-19(24)20(25)11-16/h2-12H,14H2,1H3/b17-10-. The van der Waals surface area contributed by atoms with E-state index in [1.807, 2.05) is 12.1 Å². The van der Waals surface area contributed by atoms with Crippen LogP contribution in [0.2, 0.25) is 10.0 Å². The zero-order valence-corrected chi connectivity index (χ0v) is 17.0. The molecule has 0 heterocycles. The topological polar surface area (TPSA) is 42.2 Å². The van der Waals surface area contributed by atoms with E-state index >= 15 is 0 Å². The maximum atomic E-state index is 14.0. The van der Waals surface area contributed by atoms with Gasteiger partial charge < -0.3 is 9.47 Å². The van der Waals surface area contributed by atoms with E-state index < -0.39 is 5.82 Å². The van der Waals surface area contributed by atoms with Crippen molar-refractivity contribution in [3.8, 4) is 17.6 Å². The molecule has 146 valence electrons. The molecule has 3 rings (SSSR count). The molecule has 0 aliphatic rings. The lowest BCUT2D eigenvalue weighted by Gasteiger charge is -2.12. The van der Waals surface area contributed by atoms with Crippen LogP contribution < -0.4 is 9.47 Å². The molecule has 0 aliphatic heterocycles. The first-order valence-corrected chi connectivity index (χ1v) is 9.39. The minimum atomic E-state index is -0.450. The molecular formula is C23H16Cl2FNO2. The third kappa shape index (κ3) is 5.08. The minimum Gasteiger partial charge on any atom is -0.493 e. The Balaban J connectivity index is 1.83. The fourth-order valence-corrected chi connectivity index (χ4v) is 3.02. The summed E-state index contributed by atoms with van der Waals surface area (Å²) in [6.07, 6.45) is 1.60. The first kappa shape index (κ1) is 20.7. The molecule has 0 saturated heterocycles. The summed E-state index contributed by atoms with van der Waals surface area (Å²) in [5.41, 5.74) is 2.00. The van der Waals surface area contributed by atoms with Crippen LogP contribution in [0.15, 0.2) is 60.7 Å². The summed E-state index contributed by atoms with van der Waals surface area (Å²) in [5, 5.41) is 10.4. The normalized spacial score (nSPS) is 11.1. The lowest BCUT2D eigenvalue weighted by Crippen LogP contribution is -1.98. The molecule has 0 bridgehead atoms. The van der Waals surface area contributed by atoms with Gasteiger partial charge >= 0.3 is 0 Å². The Bertz CT molecular complexity index is 1110. The predicted octanol–water partition coefficient (Wildman–Crippen LogP) is 6.78. The fourth-order valence-electron chi connectivity index (χ4n) is 2.70. The van der Waals surface area contributed by atoms with Crippen molar-refractivity contribution < 1.29 is 13.9 Å². The van der Waals surface area contributed by atoms with E-state index in [1.165, 1.54) is 13.2 Å². The van der Waals surface area contributed by atoms with Crippen molar-refractivity contribution in [3.05, 3.63) is 93.2 Å². The summed E-state index contributed by atoms with van der Waals surface area (Å²) in [5.74, 6) is 0.568. The molecule has 0 unspecified atom stereocenters. The SMILES string of the molecule is COc1cc(/C=C(/C#N)c2ccccc2F)ccc1OCc1ccc(Cl)c(Cl)c1. The number of nitriles is 1. The molecule has 0 fully saturated rings. The number of hydrogen-bond donors (Lipinski definition) is 0. The number of hydrogen-bond acceptors (Lipinski definition) is 3. The van der Waals surface area contributed by atoms with E-state index in [4.69, 9.17) is 32.7 Å². The Morgan fingerprint density at radius 1 is 1.03 bits per heavy atom. The van der Waals surface area contributed by atoms with Crippen molar-refractivity contribution in [2.45, 2.75) is 6.61 Å². The van der Waals surface area contributed by atoms with Gasteiger partial charge in [-0.2, -0.15) is 5.26 Å². The highest BCUT2D eigenvalue weighted by atomic mass is 35.5. The molecule has 29 heavy (non-hydrogen) atoms. The number of halogens is 3. The molecule has 0 saturated carbocycles. The fraction of sp³-hybridized carbons (Fsp3) is 0.0870. The molecule has 0 amide bonds. The maximum absolute atomic E-state index is 14.0. The van der Waals surface area contributed by atoms with Gasteiger partial charge in [0.1, 0.15) is 12.4 Å². The molecule has 3 aromatic rings. The van der Waals surface area contributed by atoms with Crippen LogP contribution in [0.5, 0.6) is 11.5 Å². The van der Waals surface area contributed by atoms with E-state index in [-0.39, 0.29) is 17.7 Å². The number of allylic oxidation sites excluding steroid dienone is 1. The number of ether oxygens (including phenoxy) is 2. The molecule has 0 atom stereocenters. The second kappa shape index (κ2) is 9.47. The van der Waals surface area contributed by atoms with Gasteiger partial charge in [0.2, 0.25) is 0 Å². The van der Waals surface area contributed by atoms with Crippen molar-refractivity contribution in [2.24, 2.45) is 0 Å². The molecule has 6 heteroatoms. The Hall–Kier alpha value is -3.00. The molecule has 0 radical (unpaired) electrons. The highest BCUT2D eigenvalue weighted by molar-refractivity contribution is 6.42. The van der Waals surface area contributed by atoms with Crippen LogP contribution in [0.4, 0.5) is 4.39 Å². The largest absolute Gasteiger partial charge is 0.493 e. The number of rotatable bonds is 6. The summed E-state index contributed by atoms with van der Waals surface area (Å²) in [7, 11) is 1.52. The van der Waals surface area contributed by atoms with Crippen molar-refractivity contribution in [3.63, 3.8) is 0 Å². The summed E-state index contributed by atoms with van der Waals surface area (Å²) < 4.78 is 25.2. The van der Waals surface area contributed by atoms with E-state index in [0.29, 0.717) is 27.1 Å². The van der Waals surface area contributed by atoms with E-state index in [2.05, 4.69) is 0 Å². The van der Waals surface area contributed by atoms with Gasteiger partial charge in [0.05, 0.1) is 28.8 Å². The van der Waals surface area contributed by atoms with Crippen LogP contribution in [0.1, 0.15) is 16.7 Å². The van der Waals surface area contributed by atoms with Crippen LogP contribution in [-0.4, -0.2) is 7.11 Å². The monoisotopic (exact) mass is 427 g/mol. The quantitative estimate of drug-likeness (QED) is 0.321. The first-order valence-electron chi connectivity index (χ1n) is 8.63. The third-order valence-corrected chi connectivity index (χ3v) is 4.90. The summed E-state index contributed by atoms with van der Waals surface area (Å²) in [6.45, 7) is 0.279. The van der Waals surface area contributed by atoms with Crippen LogP contribution >= 0.6 is 23.2 Å². The Kier molecular flexibility index (Phi) is 6.77. The zero-order valence-electron chi connectivity index (χ0n) is 15.5. The van der Waals surface area contributed by atoms with Crippen LogP contribution in [0.3, 0.4) is 0 Å². The van der Waals surface area contributed by atoms with Crippen LogP contribution in [0.25, 0.3) is 11.6 Å². The van der Waals surface area contributed by atoms with Crippen molar-refractivity contribution >= 4 is 34.9 Å². The molecule has 3 aromatic carbocycles. The van der Waals surface area contributed by atoms with Gasteiger partial charge in [-0.1, -0.05) is 53.5 Å². The van der Waals surface area contributed by atoms with Gasteiger partial charge in [-0.3, -0.25) is 0 Å². The summed E-state index contributed by atoms with van der Waals surface area (Å²) >= 11 is 12.0. The van der Waals surface area contributed by atoms with Gasteiger partial charge in [-0.25, -0.2) is 4.39 Å². The number of benzene rings is 3. The molecule has 0 N–H and O–H groups in total. The molecular weight excluding hydrogens is 412 g/mol. The van der Waals surface area contributed by atoms with Gasteiger partial charge in [0, 0.05) is 5.56 Å². The second-order valence-corrected chi connectivity index (χ2v) is 6.91. The molecule has 3 nitrogen and oxygen atoms in total. The van der Waals surface area contributed by atoms with E-state index in [0.717, 1.165) is 5.56 Å². The predicted molar refractivity (Wildman–Crippen MR) is 114 cm³/mol. The summed E-state index contributed by atoms with van der Waals surface area (Å²) in [4.78, 5) is 0. The van der Waals surface area contributed by atoms with Gasteiger partial charge in [-0.05, 0) is 47.5 Å². The highest BCUT2D eigenvalue weighted by Gasteiger charge is 2.10. The van der Waals surface area contributed by atoms with E-state index in [9.17, 15) is 9.65 Å². The maximum Gasteiger partial charge on any atom is 0.161 e. The highest BCUT2D eigenvalue weighted by Crippen LogP contribution is 2.31. The van der Waals surface area contributed by atoms with Gasteiger partial charge in [0.25, 0.3) is 0 Å². The lowest BCUT2D eigenvalue weighted by atomic mass is 10.0. The van der Waals surface area contributed by atoms with Gasteiger partial charge in [-0.15, -0.1) is 0 Å². The van der Waals surface area contributed by atoms with Crippen LogP contribution in [0, 0.1) is 17.1 Å². The van der Waals surface area contributed by atoms with Crippen LogP contribution in [-0.2, 0) is 6.61 Å². The molecule has 0 aromatic heterocycles. The Labute approximate surface area is 178 Å². The lowest BCUT2D eigenvalue weighted by molar-refractivity contribution is 0.284. The van der Waals surface area contributed by atoms with E-state index in [1.54, 1.807) is 54.6 Å². The number of methoxy groups -OCH3 is 1. The number of nitrogens with zero attached hydrogens (tertiary/aromatic N) is 1. The zero-order chi connectivity index (χ0) is 20.8. The smallest absolute Gasteiger partial charge is 0.161 e.